The molecule has 3 nitrogen and oxygen atoms in total. The highest BCUT2D eigenvalue weighted by atomic mass is 16.7. The van der Waals surface area contributed by atoms with E-state index in [9.17, 15) is 4.79 Å². The van der Waals surface area contributed by atoms with Gasteiger partial charge in [0.2, 0.25) is 0 Å². The van der Waals surface area contributed by atoms with Crippen LogP contribution in [0.4, 0.5) is 4.79 Å². The average molecular weight is 88.1 g/mol. The number of ether oxygens (including phenoxy) is 2. The quantitative estimate of drug-likeness (QED) is 0.403. The van der Waals surface area contributed by atoms with Gasteiger partial charge in [-0.3, -0.25) is 0 Å². The maximum absolute atomic E-state index is 9.61. The highest BCUT2D eigenvalue weighted by molar-refractivity contribution is 5.59. The molecule has 0 unspecified atom stereocenters. The van der Waals surface area contributed by atoms with Gasteiger partial charge < -0.3 is 9.47 Å². The lowest BCUT2D eigenvalue weighted by Gasteiger charge is -1.88. The summed E-state index contributed by atoms with van der Waals surface area (Å²) in [5, 5.41) is 0. The van der Waals surface area contributed by atoms with Gasteiger partial charge in [-0.1, -0.05) is 0 Å². The zero-order chi connectivity index (χ0) is 4.99. The smallest absolute Gasteiger partial charge is 0.438 e. The maximum atomic E-state index is 9.61. The van der Waals surface area contributed by atoms with Crippen LogP contribution in [0.3, 0.4) is 0 Å². The molecule has 34 valence electrons. The third-order valence-corrected chi connectivity index (χ3v) is 0.263. The van der Waals surface area contributed by atoms with Crippen LogP contribution in [0.2, 0.25) is 0 Å². The van der Waals surface area contributed by atoms with Gasteiger partial charge in [-0.15, -0.1) is 0 Å². The summed E-state index contributed by atoms with van der Waals surface area (Å²) in [7, 11) is 5.48. The first-order valence-electron chi connectivity index (χ1n) is 1.26. The Hall–Kier alpha value is -0.730. The monoisotopic (exact) mass is 88.0 g/mol. The second kappa shape index (κ2) is 2.50. The molecule has 0 fully saturated rings. The van der Waals surface area contributed by atoms with Crippen molar-refractivity contribution in [1.82, 2.24) is 0 Å². The summed E-state index contributed by atoms with van der Waals surface area (Å²) in [6.45, 7) is 0. The van der Waals surface area contributed by atoms with E-state index in [0.29, 0.717) is 0 Å². The molecule has 0 aromatic heterocycles. The summed E-state index contributed by atoms with van der Waals surface area (Å²) < 4.78 is 7.45. The summed E-state index contributed by atoms with van der Waals surface area (Å²) in [6.07, 6.45) is -0.880. The number of hydrogen-bond acceptors (Lipinski definition) is 3. The number of methoxy groups -OCH3 is 1. The SMILES string of the molecule is [CH]OC(=O)OC. The second-order valence-electron chi connectivity index (χ2n) is 0.572. The van der Waals surface area contributed by atoms with Gasteiger partial charge in [0, 0.05) is 0 Å². The molecule has 6 heavy (non-hydrogen) atoms. The van der Waals surface area contributed by atoms with Crippen molar-refractivity contribution in [3.05, 3.63) is 7.11 Å². The van der Waals surface area contributed by atoms with Crippen molar-refractivity contribution >= 4 is 6.16 Å². The molecule has 0 N–H and O–H groups in total. The molecule has 0 saturated heterocycles. The predicted octanol–water partition coefficient (Wildman–Crippen LogP) is 0.438. The molecule has 0 aliphatic carbocycles. The van der Waals surface area contributed by atoms with Gasteiger partial charge in [0.05, 0.1) is 7.11 Å². The van der Waals surface area contributed by atoms with Crippen LogP contribution in [0.1, 0.15) is 0 Å². The van der Waals surface area contributed by atoms with E-state index in [-0.39, 0.29) is 0 Å². The van der Waals surface area contributed by atoms with Crippen molar-refractivity contribution in [3.63, 3.8) is 0 Å². The minimum Gasteiger partial charge on any atom is -0.438 e. The molecule has 2 radical (unpaired) electrons. The van der Waals surface area contributed by atoms with Crippen molar-refractivity contribution in [1.29, 1.82) is 0 Å². The molecule has 0 spiro atoms. The van der Waals surface area contributed by atoms with Gasteiger partial charge in [0.15, 0.2) is 7.11 Å². The number of rotatable bonds is 0. The van der Waals surface area contributed by atoms with Crippen molar-refractivity contribution in [2.45, 2.75) is 0 Å². The van der Waals surface area contributed by atoms with Crippen molar-refractivity contribution in [2.75, 3.05) is 7.11 Å². The zero-order valence-electron chi connectivity index (χ0n) is 3.30. The lowest BCUT2D eigenvalue weighted by molar-refractivity contribution is 0.104. The molecule has 0 bridgehead atoms. The third kappa shape index (κ3) is 1.58. The average Bonchev–Trinajstić information content (AvgIpc) is 1.65. The highest BCUT2D eigenvalue weighted by Gasteiger charge is 1.89. The van der Waals surface area contributed by atoms with Crippen molar-refractivity contribution in [3.8, 4) is 0 Å². The number of hydrogen-bond donors (Lipinski definition) is 0. The van der Waals surface area contributed by atoms with Crippen LogP contribution < -0.4 is 0 Å². The van der Waals surface area contributed by atoms with E-state index >= 15 is 0 Å². The number of carbonyl (C=O) groups excluding carboxylic acids is 1. The lowest BCUT2D eigenvalue weighted by Crippen LogP contribution is -1.96. The standard InChI is InChI=1S/C3H4O3/c1-5-3(4)6-2/h1H,2H3. The van der Waals surface area contributed by atoms with E-state index in [1.54, 1.807) is 0 Å². The summed E-state index contributed by atoms with van der Waals surface area (Å²) in [5.74, 6) is 0. The lowest BCUT2D eigenvalue weighted by atomic mass is 11.3. The van der Waals surface area contributed by atoms with Crippen molar-refractivity contribution in [2.24, 2.45) is 0 Å². The van der Waals surface area contributed by atoms with Crippen molar-refractivity contribution < 1.29 is 14.3 Å². The minimum atomic E-state index is -0.880. The van der Waals surface area contributed by atoms with E-state index in [0.717, 1.165) is 0 Å². The fourth-order valence-corrected chi connectivity index (χ4v) is 0.0481. The largest absolute Gasteiger partial charge is 0.508 e. The van der Waals surface area contributed by atoms with Gasteiger partial charge in [0.1, 0.15) is 0 Å². The normalized spacial score (nSPS) is 7.00. The molecule has 0 saturated carbocycles. The first kappa shape index (κ1) is 5.27. The molecule has 0 amide bonds. The maximum Gasteiger partial charge on any atom is 0.508 e. The van der Waals surface area contributed by atoms with Crippen LogP contribution in [0.5, 0.6) is 0 Å². The Balaban J connectivity index is 2.99. The van der Waals surface area contributed by atoms with E-state index in [4.69, 9.17) is 0 Å². The molecule has 0 aliphatic rings. The first-order valence-corrected chi connectivity index (χ1v) is 1.26. The van der Waals surface area contributed by atoms with Gasteiger partial charge in [0.25, 0.3) is 0 Å². The molecule has 3 heteroatoms. The van der Waals surface area contributed by atoms with Crippen LogP contribution >= 0.6 is 0 Å². The van der Waals surface area contributed by atoms with Gasteiger partial charge >= 0.3 is 6.16 Å². The summed E-state index contributed by atoms with van der Waals surface area (Å²) in [6, 6.07) is 0. The molecule has 0 aromatic rings. The van der Waals surface area contributed by atoms with E-state index < -0.39 is 6.16 Å². The molecule has 0 atom stereocenters. The Kier molecular flexibility index (Phi) is 2.20. The Morgan fingerprint density at radius 3 is 2.33 bits per heavy atom. The fourth-order valence-electron chi connectivity index (χ4n) is 0.0481. The molecular weight excluding hydrogens is 84.0 g/mol. The van der Waals surface area contributed by atoms with Crippen LogP contribution in [0.25, 0.3) is 0 Å². The van der Waals surface area contributed by atoms with Crippen LogP contribution in [-0.4, -0.2) is 13.3 Å². The molecule has 0 heterocycles. The summed E-state index contributed by atoms with van der Waals surface area (Å²) in [4.78, 5) is 9.61. The van der Waals surface area contributed by atoms with Crippen LogP contribution in [0.15, 0.2) is 0 Å². The van der Waals surface area contributed by atoms with E-state index in [1.165, 1.54) is 7.11 Å². The molecule has 0 aliphatic heterocycles. The first-order chi connectivity index (χ1) is 2.81. The summed E-state index contributed by atoms with van der Waals surface area (Å²) >= 11 is 0. The second-order valence-corrected chi connectivity index (χ2v) is 0.572. The van der Waals surface area contributed by atoms with Gasteiger partial charge in [-0.2, -0.15) is 0 Å². The molecule has 0 rings (SSSR count). The fraction of sp³-hybridized carbons (Fsp3) is 0.333. The van der Waals surface area contributed by atoms with Gasteiger partial charge in [-0.25, -0.2) is 4.79 Å². The third-order valence-electron chi connectivity index (χ3n) is 0.263. The predicted molar refractivity (Wildman–Crippen MR) is 17.8 cm³/mol. The van der Waals surface area contributed by atoms with Crippen LogP contribution in [-0.2, 0) is 9.47 Å². The highest BCUT2D eigenvalue weighted by Crippen LogP contribution is 1.74. The molecular formula is C3H4O3. The Bertz CT molecular complexity index is 44.0. The minimum absolute atomic E-state index is 0.880. The zero-order valence-corrected chi connectivity index (χ0v) is 3.30. The summed E-state index contributed by atoms with van der Waals surface area (Å²) in [5.41, 5.74) is 0. The Morgan fingerprint density at radius 1 is 1.83 bits per heavy atom. The van der Waals surface area contributed by atoms with E-state index in [1.807, 2.05) is 0 Å². The number of carbonyl (C=O) groups is 1. The Morgan fingerprint density at radius 2 is 2.33 bits per heavy atom. The van der Waals surface area contributed by atoms with Gasteiger partial charge in [-0.05, 0) is 0 Å². The Labute approximate surface area is 35.9 Å². The van der Waals surface area contributed by atoms with E-state index in [2.05, 4.69) is 16.6 Å². The topological polar surface area (TPSA) is 35.5 Å². The molecule has 0 aromatic carbocycles. The van der Waals surface area contributed by atoms with Crippen LogP contribution in [0, 0.1) is 7.11 Å².